The van der Waals surface area contributed by atoms with Crippen molar-refractivity contribution in [3.63, 3.8) is 0 Å². The maximum Gasteiger partial charge on any atom is 0.236 e. The Labute approximate surface area is 109 Å². The first-order valence-corrected chi connectivity index (χ1v) is 8.33. The Kier molecular flexibility index (Phi) is 5.81. The molecule has 3 N–H and O–H groups in total. The molecule has 0 aromatic rings. The van der Waals surface area contributed by atoms with Gasteiger partial charge in [-0.25, -0.2) is 8.42 Å². The Bertz CT molecular complexity index is 415. The van der Waals surface area contributed by atoms with Crippen molar-refractivity contribution in [3.05, 3.63) is 11.6 Å². The van der Waals surface area contributed by atoms with Gasteiger partial charge in [0, 0.05) is 12.8 Å². The van der Waals surface area contributed by atoms with Crippen molar-refractivity contribution in [1.82, 2.24) is 5.32 Å². The molecule has 18 heavy (non-hydrogen) atoms. The van der Waals surface area contributed by atoms with Crippen LogP contribution < -0.4 is 11.1 Å². The molecule has 0 aromatic heterocycles. The highest BCUT2D eigenvalue weighted by atomic mass is 32.2. The summed E-state index contributed by atoms with van der Waals surface area (Å²) in [7, 11) is -3.06. The third-order valence-electron chi connectivity index (χ3n) is 3.02. The maximum atomic E-state index is 11.6. The molecular formula is C12H22N2O3S. The number of carbonyl (C=O) groups is 1. The first kappa shape index (κ1) is 15.2. The van der Waals surface area contributed by atoms with Crippen LogP contribution in [0, 0.1) is 0 Å². The molecule has 0 fully saturated rings. The highest BCUT2D eigenvalue weighted by Gasteiger charge is 2.15. The average Bonchev–Trinajstić information content (AvgIpc) is 2.77. The van der Waals surface area contributed by atoms with Gasteiger partial charge in [-0.15, -0.1) is 0 Å². The summed E-state index contributed by atoms with van der Waals surface area (Å²) < 4.78 is 21.9. The van der Waals surface area contributed by atoms with Crippen molar-refractivity contribution < 1.29 is 13.2 Å². The minimum absolute atomic E-state index is 0.0489. The van der Waals surface area contributed by atoms with Gasteiger partial charge in [0.25, 0.3) is 0 Å². The van der Waals surface area contributed by atoms with E-state index in [2.05, 4.69) is 11.4 Å². The summed E-state index contributed by atoms with van der Waals surface area (Å²) in [4.78, 5) is 11.6. The predicted molar refractivity (Wildman–Crippen MR) is 71.9 cm³/mol. The lowest BCUT2D eigenvalue weighted by Crippen LogP contribution is -2.42. The van der Waals surface area contributed by atoms with Crippen molar-refractivity contribution in [2.75, 3.05) is 18.6 Å². The van der Waals surface area contributed by atoms with Crippen molar-refractivity contribution >= 4 is 15.7 Å². The van der Waals surface area contributed by atoms with Gasteiger partial charge in [-0.05, 0) is 32.1 Å². The molecular weight excluding hydrogens is 252 g/mol. The predicted octanol–water partition coefficient (Wildman–Crippen LogP) is 0.365. The molecule has 1 aliphatic rings. The van der Waals surface area contributed by atoms with Crippen LogP contribution in [0.3, 0.4) is 0 Å². The highest BCUT2D eigenvalue weighted by molar-refractivity contribution is 7.90. The zero-order chi connectivity index (χ0) is 13.6. The zero-order valence-electron chi connectivity index (χ0n) is 10.8. The number of nitrogens with one attached hydrogen (secondary N) is 1. The van der Waals surface area contributed by atoms with Crippen LogP contribution in [-0.2, 0) is 14.6 Å². The normalized spacial score (nSPS) is 17.3. The minimum atomic E-state index is -3.06. The standard InChI is InChI=1S/C12H22N2O3S/c1-18(16,17)9-7-11(13)12(15)14-8-6-10-4-2-3-5-10/h4,11H,2-3,5-9,13H2,1H3,(H,14,15). The van der Waals surface area contributed by atoms with E-state index >= 15 is 0 Å². The molecule has 1 amide bonds. The Morgan fingerprint density at radius 1 is 1.56 bits per heavy atom. The lowest BCUT2D eigenvalue weighted by Gasteiger charge is -2.11. The number of rotatable bonds is 7. The second-order valence-corrected chi connectivity index (χ2v) is 7.08. The molecule has 0 aromatic carbocycles. The quantitative estimate of drug-likeness (QED) is 0.656. The first-order valence-electron chi connectivity index (χ1n) is 6.27. The van der Waals surface area contributed by atoms with Gasteiger partial charge in [-0.3, -0.25) is 4.79 Å². The fourth-order valence-electron chi connectivity index (χ4n) is 1.91. The molecule has 5 nitrogen and oxygen atoms in total. The van der Waals surface area contributed by atoms with Gasteiger partial charge in [0.15, 0.2) is 0 Å². The smallest absolute Gasteiger partial charge is 0.236 e. The van der Waals surface area contributed by atoms with Crippen LogP contribution in [0.25, 0.3) is 0 Å². The average molecular weight is 274 g/mol. The largest absolute Gasteiger partial charge is 0.354 e. The van der Waals surface area contributed by atoms with Gasteiger partial charge >= 0.3 is 0 Å². The Morgan fingerprint density at radius 3 is 2.83 bits per heavy atom. The topological polar surface area (TPSA) is 89.3 Å². The van der Waals surface area contributed by atoms with Crippen molar-refractivity contribution in [3.8, 4) is 0 Å². The number of amides is 1. The van der Waals surface area contributed by atoms with E-state index in [-0.39, 0.29) is 18.1 Å². The van der Waals surface area contributed by atoms with Crippen LogP contribution >= 0.6 is 0 Å². The van der Waals surface area contributed by atoms with Crippen LogP contribution in [-0.4, -0.2) is 38.9 Å². The molecule has 0 saturated carbocycles. The van der Waals surface area contributed by atoms with Gasteiger partial charge in [0.2, 0.25) is 5.91 Å². The van der Waals surface area contributed by atoms with Crippen LogP contribution in [0.5, 0.6) is 0 Å². The second kappa shape index (κ2) is 6.89. The number of carbonyl (C=O) groups excluding carboxylic acids is 1. The van der Waals surface area contributed by atoms with Crippen LogP contribution in [0.15, 0.2) is 11.6 Å². The van der Waals surface area contributed by atoms with Gasteiger partial charge in [-0.2, -0.15) is 0 Å². The summed E-state index contributed by atoms with van der Waals surface area (Å²) in [6.45, 7) is 0.581. The summed E-state index contributed by atoms with van der Waals surface area (Å²) in [5.74, 6) is -0.315. The van der Waals surface area contributed by atoms with E-state index in [1.165, 1.54) is 12.0 Å². The van der Waals surface area contributed by atoms with E-state index in [4.69, 9.17) is 5.73 Å². The molecule has 1 aliphatic carbocycles. The number of nitrogens with two attached hydrogens (primary N) is 1. The Hall–Kier alpha value is -0.880. The van der Waals surface area contributed by atoms with Crippen molar-refractivity contribution in [2.24, 2.45) is 5.73 Å². The van der Waals surface area contributed by atoms with E-state index in [0.29, 0.717) is 6.54 Å². The second-order valence-electron chi connectivity index (χ2n) is 4.82. The van der Waals surface area contributed by atoms with Crippen molar-refractivity contribution in [2.45, 2.75) is 38.1 Å². The molecule has 0 spiro atoms. The van der Waals surface area contributed by atoms with E-state index in [1.54, 1.807) is 0 Å². The molecule has 104 valence electrons. The van der Waals surface area contributed by atoms with E-state index in [9.17, 15) is 13.2 Å². The molecule has 0 saturated heterocycles. The molecule has 0 bridgehead atoms. The fourth-order valence-corrected chi connectivity index (χ4v) is 2.60. The summed E-state index contributed by atoms with van der Waals surface area (Å²) in [5.41, 5.74) is 7.02. The summed E-state index contributed by atoms with van der Waals surface area (Å²) in [6, 6.07) is -0.739. The molecule has 0 radical (unpaired) electrons. The zero-order valence-corrected chi connectivity index (χ0v) is 11.6. The summed E-state index contributed by atoms with van der Waals surface area (Å²) >= 11 is 0. The number of hydrogen-bond donors (Lipinski definition) is 2. The minimum Gasteiger partial charge on any atom is -0.354 e. The van der Waals surface area contributed by atoms with E-state index in [1.807, 2.05) is 0 Å². The number of hydrogen-bond acceptors (Lipinski definition) is 4. The number of sulfone groups is 1. The third-order valence-corrected chi connectivity index (χ3v) is 3.99. The number of allylic oxidation sites excluding steroid dienone is 1. The van der Waals surface area contributed by atoms with Gasteiger partial charge in [0.05, 0.1) is 11.8 Å². The SMILES string of the molecule is CS(=O)(=O)CCC(N)C(=O)NCCC1=CCCC1. The van der Waals surface area contributed by atoms with Crippen LogP contribution in [0.1, 0.15) is 32.1 Å². The van der Waals surface area contributed by atoms with Crippen molar-refractivity contribution in [1.29, 1.82) is 0 Å². The molecule has 1 atom stereocenters. The molecule has 6 heteroatoms. The lowest BCUT2D eigenvalue weighted by atomic mass is 10.1. The summed E-state index contributed by atoms with van der Waals surface area (Å²) in [5, 5.41) is 2.75. The van der Waals surface area contributed by atoms with Gasteiger partial charge < -0.3 is 11.1 Å². The first-order chi connectivity index (χ1) is 8.38. The highest BCUT2D eigenvalue weighted by Crippen LogP contribution is 2.19. The Balaban J connectivity index is 2.19. The Morgan fingerprint density at radius 2 is 2.28 bits per heavy atom. The van der Waals surface area contributed by atoms with E-state index in [0.717, 1.165) is 25.5 Å². The molecule has 1 unspecified atom stereocenters. The third kappa shape index (κ3) is 6.16. The van der Waals surface area contributed by atoms with E-state index < -0.39 is 15.9 Å². The van der Waals surface area contributed by atoms with Crippen LogP contribution in [0.4, 0.5) is 0 Å². The summed E-state index contributed by atoms with van der Waals surface area (Å²) in [6.07, 6.45) is 7.86. The van der Waals surface area contributed by atoms with Crippen LogP contribution in [0.2, 0.25) is 0 Å². The monoisotopic (exact) mass is 274 g/mol. The fraction of sp³-hybridized carbons (Fsp3) is 0.750. The maximum absolute atomic E-state index is 11.6. The molecule has 0 aliphatic heterocycles. The molecule has 0 heterocycles. The lowest BCUT2D eigenvalue weighted by molar-refractivity contribution is -0.122. The van der Waals surface area contributed by atoms with Gasteiger partial charge in [-0.1, -0.05) is 11.6 Å². The molecule has 1 rings (SSSR count). The van der Waals surface area contributed by atoms with Gasteiger partial charge in [0.1, 0.15) is 9.84 Å².